The van der Waals surface area contributed by atoms with Gasteiger partial charge in [0, 0.05) is 19.5 Å². The Hall–Kier alpha value is -2.04. The van der Waals surface area contributed by atoms with Crippen LogP contribution in [0.2, 0.25) is 0 Å². The Morgan fingerprint density at radius 3 is 2.71 bits per heavy atom. The number of oxazole rings is 1. The summed E-state index contributed by atoms with van der Waals surface area (Å²) in [5, 5.41) is 2.93. The Morgan fingerprint density at radius 1 is 1.17 bits per heavy atom. The van der Waals surface area contributed by atoms with Crippen LogP contribution in [0, 0.1) is 5.92 Å². The summed E-state index contributed by atoms with van der Waals surface area (Å²) < 4.78 is 6.67. The van der Waals surface area contributed by atoms with Crippen molar-refractivity contribution in [1.82, 2.24) is 9.88 Å². The summed E-state index contributed by atoms with van der Waals surface area (Å²) in [4.78, 5) is 23.7. The van der Waals surface area contributed by atoms with Gasteiger partial charge in [-0.15, -0.1) is 0 Å². The summed E-state index contributed by atoms with van der Waals surface area (Å²) in [5.41, 5.74) is 1.30. The zero-order valence-electron chi connectivity index (χ0n) is 14.7. The van der Waals surface area contributed by atoms with Crippen molar-refractivity contribution in [2.24, 2.45) is 5.92 Å². The second kappa shape index (κ2) is 9.30. The molecule has 0 aliphatic heterocycles. The van der Waals surface area contributed by atoms with Crippen LogP contribution in [0.4, 0.5) is 0 Å². The van der Waals surface area contributed by atoms with Crippen LogP contribution < -0.4 is 11.1 Å². The lowest BCUT2D eigenvalue weighted by Crippen LogP contribution is -2.27. The predicted octanol–water partition coefficient (Wildman–Crippen LogP) is 3.71. The maximum atomic E-state index is 11.9. The van der Waals surface area contributed by atoms with E-state index in [0.717, 1.165) is 24.3 Å². The molecule has 0 radical (unpaired) electrons. The van der Waals surface area contributed by atoms with Gasteiger partial charge in [-0.2, -0.15) is 0 Å². The van der Waals surface area contributed by atoms with Gasteiger partial charge < -0.3 is 9.73 Å². The Morgan fingerprint density at radius 2 is 1.92 bits per heavy atom. The van der Waals surface area contributed by atoms with Crippen molar-refractivity contribution >= 4 is 17.0 Å². The van der Waals surface area contributed by atoms with Crippen LogP contribution in [-0.2, 0) is 11.3 Å². The molecule has 0 bridgehead atoms. The molecule has 1 heterocycles. The topological polar surface area (TPSA) is 64.2 Å². The van der Waals surface area contributed by atoms with Gasteiger partial charge in [-0.1, -0.05) is 51.7 Å². The van der Waals surface area contributed by atoms with Crippen molar-refractivity contribution in [3.05, 3.63) is 34.8 Å². The number of hydrogen-bond acceptors (Lipinski definition) is 3. The Kier molecular flexibility index (Phi) is 7.09. The molecule has 1 aromatic carbocycles. The van der Waals surface area contributed by atoms with E-state index in [-0.39, 0.29) is 12.3 Å². The highest BCUT2D eigenvalue weighted by atomic mass is 16.4. The normalized spacial score (nSPS) is 11.3. The number of aromatic nitrogens is 1. The van der Waals surface area contributed by atoms with Gasteiger partial charge in [0.05, 0.1) is 5.52 Å². The highest BCUT2D eigenvalue weighted by Crippen LogP contribution is 2.12. The second-order valence-corrected chi connectivity index (χ2v) is 6.68. The lowest BCUT2D eigenvalue weighted by molar-refractivity contribution is -0.121. The molecule has 0 spiro atoms. The maximum absolute atomic E-state index is 11.9. The molecule has 132 valence electrons. The number of para-hydroxylation sites is 2. The highest BCUT2D eigenvalue weighted by Gasteiger charge is 2.10. The molecule has 1 aromatic heterocycles. The molecule has 24 heavy (non-hydrogen) atoms. The van der Waals surface area contributed by atoms with E-state index in [1.165, 1.54) is 23.8 Å². The van der Waals surface area contributed by atoms with Gasteiger partial charge in [0.2, 0.25) is 5.91 Å². The van der Waals surface area contributed by atoms with Crippen LogP contribution in [0.3, 0.4) is 0 Å². The molecule has 2 aromatic rings. The molecule has 1 N–H and O–H groups in total. The molecule has 0 fully saturated rings. The summed E-state index contributed by atoms with van der Waals surface area (Å²) in [6, 6.07) is 7.26. The summed E-state index contributed by atoms with van der Waals surface area (Å²) >= 11 is 0. The van der Waals surface area contributed by atoms with E-state index in [9.17, 15) is 9.59 Å². The van der Waals surface area contributed by atoms with E-state index in [1.54, 1.807) is 6.07 Å². The Labute approximate surface area is 143 Å². The van der Waals surface area contributed by atoms with Crippen molar-refractivity contribution in [1.29, 1.82) is 0 Å². The molecule has 5 heteroatoms. The van der Waals surface area contributed by atoms with Gasteiger partial charge in [0.15, 0.2) is 5.58 Å². The number of fused-ring (bicyclic) bond motifs is 1. The molecule has 0 aliphatic rings. The summed E-state index contributed by atoms with van der Waals surface area (Å²) in [6.45, 7) is 5.54. The standard InChI is InChI=1S/C19H28N2O3/c1-15(2)9-5-3-4-8-13-20-18(22)12-14-21-16-10-6-7-11-17(16)24-19(21)23/h6-7,10-11,15H,3-5,8-9,12-14H2,1-2H3,(H,20,22). The summed E-state index contributed by atoms with van der Waals surface area (Å²) in [6.07, 6.45) is 6.22. The van der Waals surface area contributed by atoms with Crippen LogP contribution in [0.1, 0.15) is 52.4 Å². The summed E-state index contributed by atoms with van der Waals surface area (Å²) in [7, 11) is 0. The monoisotopic (exact) mass is 332 g/mol. The maximum Gasteiger partial charge on any atom is 0.419 e. The largest absolute Gasteiger partial charge is 0.419 e. The first-order valence-corrected chi connectivity index (χ1v) is 8.93. The third-order valence-corrected chi connectivity index (χ3v) is 4.17. The lowest BCUT2D eigenvalue weighted by Gasteiger charge is -2.06. The van der Waals surface area contributed by atoms with Gasteiger partial charge >= 0.3 is 5.76 Å². The van der Waals surface area contributed by atoms with Crippen LogP contribution in [0.25, 0.3) is 11.1 Å². The average molecular weight is 332 g/mol. The third-order valence-electron chi connectivity index (χ3n) is 4.17. The predicted molar refractivity (Wildman–Crippen MR) is 96.0 cm³/mol. The van der Waals surface area contributed by atoms with Crippen LogP contribution in [0.15, 0.2) is 33.5 Å². The fraction of sp³-hybridized carbons (Fsp3) is 0.579. The number of carbonyl (C=O) groups excluding carboxylic acids is 1. The first-order chi connectivity index (χ1) is 11.6. The minimum atomic E-state index is -0.408. The van der Waals surface area contributed by atoms with Gasteiger partial charge in [0.25, 0.3) is 0 Å². The van der Waals surface area contributed by atoms with Gasteiger partial charge in [0.1, 0.15) is 0 Å². The van der Waals surface area contributed by atoms with E-state index >= 15 is 0 Å². The van der Waals surface area contributed by atoms with E-state index in [2.05, 4.69) is 19.2 Å². The quantitative estimate of drug-likeness (QED) is 0.675. The number of benzene rings is 1. The van der Waals surface area contributed by atoms with Crippen molar-refractivity contribution < 1.29 is 9.21 Å². The first kappa shape index (κ1) is 18.3. The van der Waals surface area contributed by atoms with E-state index in [0.29, 0.717) is 18.7 Å². The number of unbranched alkanes of at least 4 members (excludes halogenated alkanes) is 3. The highest BCUT2D eigenvalue weighted by molar-refractivity contribution is 5.76. The van der Waals surface area contributed by atoms with E-state index in [1.807, 2.05) is 18.2 Å². The van der Waals surface area contributed by atoms with E-state index in [4.69, 9.17) is 4.42 Å². The minimum Gasteiger partial charge on any atom is -0.408 e. The fourth-order valence-electron chi connectivity index (χ4n) is 2.79. The molecule has 2 rings (SSSR count). The molecule has 0 saturated heterocycles. The van der Waals surface area contributed by atoms with Gasteiger partial charge in [-0.3, -0.25) is 9.36 Å². The average Bonchev–Trinajstić information content (AvgIpc) is 2.87. The number of amides is 1. The molecular formula is C19H28N2O3. The Balaban J connectivity index is 1.66. The number of carbonyl (C=O) groups is 1. The number of rotatable bonds is 10. The first-order valence-electron chi connectivity index (χ1n) is 8.93. The molecule has 0 aliphatic carbocycles. The van der Waals surface area contributed by atoms with Gasteiger partial charge in [-0.25, -0.2) is 4.79 Å². The molecule has 0 atom stereocenters. The van der Waals surface area contributed by atoms with Crippen molar-refractivity contribution in [3.8, 4) is 0 Å². The zero-order valence-corrected chi connectivity index (χ0v) is 14.7. The second-order valence-electron chi connectivity index (χ2n) is 6.68. The molecular weight excluding hydrogens is 304 g/mol. The number of nitrogens with zero attached hydrogens (tertiary/aromatic N) is 1. The number of nitrogens with one attached hydrogen (secondary N) is 1. The SMILES string of the molecule is CC(C)CCCCCCNC(=O)CCn1c(=O)oc2ccccc21. The van der Waals surface area contributed by atoms with E-state index < -0.39 is 5.76 Å². The summed E-state index contributed by atoms with van der Waals surface area (Å²) in [5.74, 6) is 0.343. The fourth-order valence-corrected chi connectivity index (χ4v) is 2.79. The van der Waals surface area contributed by atoms with Crippen LogP contribution in [0.5, 0.6) is 0 Å². The molecule has 5 nitrogen and oxygen atoms in total. The van der Waals surface area contributed by atoms with Crippen molar-refractivity contribution in [2.45, 2.75) is 58.9 Å². The van der Waals surface area contributed by atoms with Gasteiger partial charge in [-0.05, 0) is 24.5 Å². The third kappa shape index (κ3) is 5.55. The number of aryl methyl sites for hydroxylation is 1. The zero-order chi connectivity index (χ0) is 17.4. The van der Waals surface area contributed by atoms with Crippen LogP contribution >= 0.6 is 0 Å². The smallest absolute Gasteiger partial charge is 0.408 e. The molecule has 0 saturated carbocycles. The van der Waals surface area contributed by atoms with Crippen molar-refractivity contribution in [2.75, 3.05) is 6.54 Å². The minimum absolute atomic E-state index is 0.0191. The van der Waals surface area contributed by atoms with Crippen LogP contribution in [-0.4, -0.2) is 17.0 Å². The molecule has 1 amide bonds. The lowest BCUT2D eigenvalue weighted by atomic mass is 10.0. The number of hydrogen-bond donors (Lipinski definition) is 1. The Bertz CT molecular complexity index is 700. The van der Waals surface area contributed by atoms with Crippen molar-refractivity contribution in [3.63, 3.8) is 0 Å². The molecule has 0 unspecified atom stereocenters.